The number of halogens is 1. The zero-order valence-electron chi connectivity index (χ0n) is 16.6. The van der Waals surface area contributed by atoms with E-state index in [4.69, 9.17) is 25.5 Å². The van der Waals surface area contributed by atoms with E-state index in [9.17, 15) is 4.79 Å². The summed E-state index contributed by atoms with van der Waals surface area (Å²) in [5.74, 6) is 1.07. The molecule has 0 aliphatic carbocycles. The number of hydrogen-bond donors (Lipinski definition) is 1. The maximum atomic E-state index is 12.3. The molecule has 0 saturated heterocycles. The van der Waals surface area contributed by atoms with Gasteiger partial charge in [-0.25, -0.2) is 5.43 Å². The number of ether oxygens (including phenoxy) is 2. The van der Waals surface area contributed by atoms with Crippen molar-refractivity contribution in [3.8, 4) is 11.5 Å². The van der Waals surface area contributed by atoms with E-state index in [-0.39, 0.29) is 11.9 Å². The monoisotopic (exact) mass is 414 g/mol. The van der Waals surface area contributed by atoms with E-state index in [0.29, 0.717) is 23.0 Å². The zero-order valence-corrected chi connectivity index (χ0v) is 17.3. The van der Waals surface area contributed by atoms with Gasteiger partial charge in [0.2, 0.25) is 0 Å². The summed E-state index contributed by atoms with van der Waals surface area (Å²) < 4.78 is 16.8. The van der Waals surface area contributed by atoms with Crippen LogP contribution in [0.2, 0.25) is 5.02 Å². The second-order valence-electron chi connectivity index (χ2n) is 6.47. The molecule has 1 heterocycles. The van der Waals surface area contributed by atoms with E-state index < -0.39 is 5.91 Å². The van der Waals surface area contributed by atoms with Crippen LogP contribution in [0.5, 0.6) is 11.5 Å². The summed E-state index contributed by atoms with van der Waals surface area (Å²) >= 11 is 6.25. The number of nitrogens with one attached hydrogen (secondary N) is 1. The standard InChI is InChI=1S/C22H23ClN2O4/c1-4-14(3)28-20-8-6-15(10-18(20)23)13-24-25-22(26)21-12-16-11-17(27-5-2)7-9-19(16)29-21/h6-14H,4-5H2,1-3H3,(H,25,26)/b24-13+/t14-/m0/s1. The number of fused-ring (bicyclic) bond motifs is 1. The first-order valence-corrected chi connectivity index (χ1v) is 9.84. The van der Waals surface area contributed by atoms with Gasteiger partial charge in [-0.3, -0.25) is 4.79 Å². The van der Waals surface area contributed by atoms with Crippen LogP contribution >= 0.6 is 11.6 Å². The molecule has 2 aromatic carbocycles. The molecule has 0 saturated carbocycles. The summed E-state index contributed by atoms with van der Waals surface area (Å²) in [7, 11) is 0. The lowest BCUT2D eigenvalue weighted by atomic mass is 10.2. The fraction of sp³-hybridized carbons (Fsp3) is 0.273. The first-order chi connectivity index (χ1) is 14.0. The Labute approximate surface area is 174 Å². The third-order valence-corrected chi connectivity index (χ3v) is 4.56. The summed E-state index contributed by atoms with van der Waals surface area (Å²) in [6, 6.07) is 12.4. The smallest absolute Gasteiger partial charge is 0.307 e. The minimum Gasteiger partial charge on any atom is -0.494 e. The first kappa shape index (κ1) is 20.7. The van der Waals surface area contributed by atoms with Gasteiger partial charge in [0, 0.05) is 5.39 Å². The van der Waals surface area contributed by atoms with Crippen molar-refractivity contribution in [3.63, 3.8) is 0 Å². The molecule has 7 heteroatoms. The van der Waals surface area contributed by atoms with Gasteiger partial charge in [-0.1, -0.05) is 18.5 Å². The Balaban J connectivity index is 1.64. The van der Waals surface area contributed by atoms with Crippen LogP contribution in [0.25, 0.3) is 11.0 Å². The lowest BCUT2D eigenvalue weighted by Gasteiger charge is -2.13. The third-order valence-electron chi connectivity index (χ3n) is 4.26. The molecular formula is C22H23ClN2O4. The molecule has 1 atom stereocenters. The predicted octanol–water partition coefficient (Wildman–Crippen LogP) is 5.43. The van der Waals surface area contributed by atoms with E-state index in [1.54, 1.807) is 30.3 Å². The molecule has 3 rings (SSSR count). The molecule has 0 spiro atoms. The quantitative estimate of drug-likeness (QED) is 0.394. The van der Waals surface area contributed by atoms with Crippen molar-refractivity contribution in [1.29, 1.82) is 0 Å². The van der Waals surface area contributed by atoms with Crippen LogP contribution in [0.1, 0.15) is 43.3 Å². The molecule has 6 nitrogen and oxygen atoms in total. The first-order valence-electron chi connectivity index (χ1n) is 9.46. The average Bonchev–Trinajstić information content (AvgIpc) is 3.13. The van der Waals surface area contributed by atoms with Gasteiger partial charge in [0.05, 0.1) is 23.9 Å². The van der Waals surface area contributed by atoms with Crippen molar-refractivity contribution in [2.45, 2.75) is 33.3 Å². The van der Waals surface area contributed by atoms with Gasteiger partial charge < -0.3 is 13.9 Å². The highest BCUT2D eigenvalue weighted by atomic mass is 35.5. The predicted molar refractivity (Wildman–Crippen MR) is 114 cm³/mol. The molecule has 29 heavy (non-hydrogen) atoms. The van der Waals surface area contributed by atoms with Crippen molar-refractivity contribution < 1.29 is 18.7 Å². The van der Waals surface area contributed by atoms with E-state index in [0.717, 1.165) is 23.1 Å². The highest BCUT2D eigenvalue weighted by Crippen LogP contribution is 2.26. The molecule has 0 aliphatic heterocycles. The lowest BCUT2D eigenvalue weighted by molar-refractivity contribution is 0.0929. The number of carbonyl (C=O) groups excluding carboxylic acids is 1. The van der Waals surface area contributed by atoms with Gasteiger partial charge >= 0.3 is 5.91 Å². The van der Waals surface area contributed by atoms with Crippen LogP contribution in [0.4, 0.5) is 0 Å². The van der Waals surface area contributed by atoms with Gasteiger partial charge in [0.1, 0.15) is 17.1 Å². The maximum Gasteiger partial charge on any atom is 0.307 e. The fourth-order valence-electron chi connectivity index (χ4n) is 2.60. The summed E-state index contributed by atoms with van der Waals surface area (Å²) in [5, 5.41) is 5.25. The Kier molecular flexibility index (Phi) is 6.77. The Morgan fingerprint density at radius 1 is 1.24 bits per heavy atom. The minimum atomic E-state index is -0.446. The molecule has 0 aliphatic rings. The number of furan rings is 1. The third kappa shape index (κ3) is 5.29. The van der Waals surface area contributed by atoms with E-state index >= 15 is 0 Å². The number of nitrogens with zero attached hydrogens (tertiary/aromatic N) is 1. The zero-order chi connectivity index (χ0) is 20.8. The molecule has 1 N–H and O–H groups in total. The van der Waals surface area contributed by atoms with Gasteiger partial charge in [-0.05, 0) is 68.3 Å². The number of benzene rings is 2. The van der Waals surface area contributed by atoms with E-state index in [2.05, 4.69) is 10.5 Å². The molecule has 0 fully saturated rings. The van der Waals surface area contributed by atoms with Crippen LogP contribution in [0.15, 0.2) is 52.0 Å². The van der Waals surface area contributed by atoms with Crippen LogP contribution in [0.3, 0.4) is 0 Å². The van der Waals surface area contributed by atoms with Gasteiger partial charge in [0.15, 0.2) is 5.76 Å². The molecule has 0 bridgehead atoms. The molecule has 152 valence electrons. The van der Waals surface area contributed by atoms with E-state index in [1.165, 1.54) is 6.21 Å². The Morgan fingerprint density at radius 3 is 2.79 bits per heavy atom. The molecule has 3 aromatic rings. The topological polar surface area (TPSA) is 73.1 Å². The van der Waals surface area contributed by atoms with Crippen molar-refractivity contribution in [2.75, 3.05) is 6.61 Å². The minimum absolute atomic E-state index is 0.0831. The number of amides is 1. The van der Waals surface area contributed by atoms with Crippen LogP contribution in [-0.2, 0) is 0 Å². The highest BCUT2D eigenvalue weighted by Gasteiger charge is 2.12. The van der Waals surface area contributed by atoms with E-state index in [1.807, 2.05) is 32.9 Å². The summed E-state index contributed by atoms with van der Waals surface area (Å²) in [5.41, 5.74) is 3.79. The summed E-state index contributed by atoms with van der Waals surface area (Å²) in [6.45, 7) is 6.51. The molecule has 1 aromatic heterocycles. The van der Waals surface area contributed by atoms with Crippen molar-refractivity contribution in [3.05, 3.63) is 58.8 Å². The number of rotatable bonds is 8. The fourth-order valence-corrected chi connectivity index (χ4v) is 2.84. The van der Waals surface area contributed by atoms with Crippen molar-refractivity contribution in [1.82, 2.24) is 5.43 Å². The second kappa shape index (κ2) is 9.47. The highest BCUT2D eigenvalue weighted by molar-refractivity contribution is 6.32. The van der Waals surface area contributed by atoms with Crippen molar-refractivity contribution in [2.24, 2.45) is 5.10 Å². The van der Waals surface area contributed by atoms with Gasteiger partial charge in [-0.15, -0.1) is 0 Å². The molecule has 0 unspecified atom stereocenters. The summed E-state index contributed by atoms with van der Waals surface area (Å²) in [6.07, 6.45) is 2.48. The maximum absolute atomic E-state index is 12.3. The van der Waals surface area contributed by atoms with Gasteiger partial charge in [0.25, 0.3) is 0 Å². The SMILES string of the molecule is CCOc1ccc2oc(C(=O)N/N=C/c3ccc(O[C@@H](C)CC)c(Cl)c3)cc2c1. The Morgan fingerprint density at radius 2 is 2.07 bits per heavy atom. The molecule has 1 amide bonds. The second-order valence-corrected chi connectivity index (χ2v) is 6.88. The number of hydrogen-bond acceptors (Lipinski definition) is 5. The average molecular weight is 415 g/mol. The Hall–Kier alpha value is -2.99. The normalized spacial score (nSPS) is 12.3. The van der Waals surface area contributed by atoms with Crippen molar-refractivity contribution >= 4 is 34.7 Å². The van der Waals surface area contributed by atoms with Gasteiger partial charge in [-0.2, -0.15) is 5.10 Å². The largest absolute Gasteiger partial charge is 0.494 e. The summed E-state index contributed by atoms with van der Waals surface area (Å²) in [4.78, 5) is 12.3. The Bertz CT molecular complexity index is 1030. The molecular weight excluding hydrogens is 392 g/mol. The van der Waals surface area contributed by atoms with Crippen LogP contribution in [-0.4, -0.2) is 24.8 Å². The van der Waals surface area contributed by atoms with Crippen LogP contribution in [0, 0.1) is 0 Å². The number of hydrazone groups is 1. The molecule has 0 radical (unpaired) electrons. The van der Waals surface area contributed by atoms with Crippen LogP contribution < -0.4 is 14.9 Å². The number of carbonyl (C=O) groups is 1. The lowest BCUT2D eigenvalue weighted by Crippen LogP contribution is -2.16.